The second-order valence-corrected chi connectivity index (χ2v) is 14.2. The van der Waals surface area contributed by atoms with Crippen LogP contribution in [-0.2, 0) is 28.4 Å². The predicted octanol–water partition coefficient (Wildman–Crippen LogP) is 4.16. The van der Waals surface area contributed by atoms with Gasteiger partial charge in [0.05, 0.1) is 43.9 Å². The Labute approximate surface area is 278 Å². The van der Waals surface area contributed by atoms with Gasteiger partial charge < -0.3 is 28.8 Å². The Kier molecular flexibility index (Phi) is 12.7. The molecule has 4 atom stereocenters. The molecule has 13 heteroatoms. The molecule has 0 unspecified atom stereocenters. The molecule has 0 saturated heterocycles. The average molecular weight is 672 g/mol. The van der Waals surface area contributed by atoms with E-state index in [1.165, 1.54) is 18.6 Å². The number of ether oxygens (including phenoxy) is 3. The van der Waals surface area contributed by atoms with Crippen molar-refractivity contribution in [3.8, 4) is 11.5 Å². The van der Waals surface area contributed by atoms with Crippen LogP contribution in [0.15, 0.2) is 60.0 Å². The summed E-state index contributed by atoms with van der Waals surface area (Å²) in [4.78, 5) is 22.1. The van der Waals surface area contributed by atoms with Crippen molar-refractivity contribution in [2.24, 2.45) is 13.0 Å². The summed E-state index contributed by atoms with van der Waals surface area (Å²) in [7, 11) is 1.38. The molecule has 12 nitrogen and oxygen atoms in total. The SMILES string of the molecule is COc1ccc(CN(C)C[C@H]2OCCCC[C@@H](C)Oc3ccc(NS(=O)(=O)c4cn(C)cn4)cc3C(=O)N([C@@H](C)CO)C[C@H]2C)cc1. The van der Waals surface area contributed by atoms with E-state index >= 15 is 0 Å². The third-order valence-corrected chi connectivity index (χ3v) is 9.63. The summed E-state index contributed by atoms with van der Waals surface area (Å²) < 4.78 is 48.2. The van der Waals surface area contributed by atoms with E-state index in [-0.39, 0.29) is 46.9 Å². The number of likely N-dealkylation sites (N-methyl/N-ethyl adjacent to an activating group) is 1. The van der Waals surface area contributed by atoms with Crippen molar-refractivity contribution < 1.29 is 32.5 Å². The normalized spacial score (nSPS) is 20.6. The van der Waals surface area contributed by atoms with Gasteiger partial charge in [0.1, 0.15) is 11.5 Å². The summed E-state index contributed by atoms with van der Waals surface area (Å²) in [5.74, 6) is 0.696. The first-order chi connectivity index (χ1) is 22.4. The van der Waals surface area contributed by atoms with Crippen molar-refractivity contribution in [1.82, 2.24) is 19.4 Å². The van der Waals surface area contributed by atoms with E-state index in [1.807, 2.05) is 38.2 Å². The highest BCUT2D eigenvalue weighted by atomic mass is 32.2. The predicted molar refractivity (Wildman–Crippen MR) is 180 cm³/mol. The van der Waals surface area contributed by atoms with E-state index in [0.29, 0.717) is 32.0 Å². The molecule has 47 heavy (non-hydrogen) atoms. The minimum absolute atomic E-state index is 0.0941. The van der Waals surface area contributed by atoms with E-state index in [4.69, 9.17) is 14.2 Å². The highest BCUT2D eigenvalue weighted by Gasteiger charge is 2.31. The molecule has 0 spiro atoms. The molecule has 3 aromatic rings. The van der Waals surface area contributed by atoms with Gasteiger partial charge in [-0.25, -0.2) is 4.98 Å². The number of nitrogens with zero attached hydrogens (tertiary/aromatic N) is 4. The Morgan fingerprint density at radius 2 is 1.91 bits per heavy atom. The van der Waals surface area contributed by atoms with Gasteiger partial charge in [-0.2, -0.15) is 8.42 Å². The van der Waals surface area contributed by atoms with Crippen LogP contribution >= 0.6 is 0 Å². The van der Waals surface area contributed by atoms with E-state index in [1.54, 1.807) is 42.7 Å². The summed E-state index contributed by atoms with van der Waals surface area (Å²) in [5.41, 5.74) is 1.55. The Morgan fingerprint density at radius 1 is 1.17 bits per heavy atom. The summed E-state index contributed by atoms with van der Waals surface area (Å²) in [5, 5.41) is 10.1. The number of benzene rings is 2. The molecule has 0 fully saturated rings. The first-order valence-electron chi connectivity index (χ1n) is 16.1. The Balaban J connectivity index is 1.62. The van der Waals surface area contributed by atoms with Crippen LogP contribution in [0.5, 0.6) is 11.5 Å². The van der Waals surface area contributed by atoms with Gasteiger partial charge in [0.15, 0.2) is 5.03 Å². The standard InChI is InChI=1S/C34H49N5O7S/c1-24-18-39(25(2)22-40)34(41)30-17-28(36-47(42,43)33-21-38(5)23-35-33)12-15-31(30)46-26(3)9-7-8-16-45-32(24)20-37(4)19-27-10-13-29(44-6)14-11-27/h10-15,17,21,23-26,32,36,40H,7-9,16,18-20,22H2,1-6H3/t24-,25+,26-,32-/m1/s1. The minimum atomic E-state index is -4.00. The van der Waals surface area contributed by atoms with Crippen molar-refractivity contribution in [2.75, 3.05) is 45.2 Å². The summed E-state index contributed by atoms with van der Waals surface area (Å²) in [6, 6.07) is 12.2. The molecule has 1 aromatic heterocycles. The number of carbonyl (C=O) groups excluding carboxylic acids is 1. The highest BCUT2D eigenvalue weighted by molar-refractivity contribution is 7.92. The third-order valence-electron chi connectivity index (χ3n) is 8.36. The molecule has 2 heterocycles. The zero-order chi connectivity index (χ0) is 34.1. The molecule has 0 radical (unpaired) electrons. The van der Waals surface area contributed by atoms with Crippen LogP contribution in [0.25, 0.3) is 0 Å². The number of rotatable bonds is 10. The molecule has 258 valence electrons. The van der Waals surface area contributed by atoms with Crippen LogP contribution in [0.1, 0.15) is 56.0 Å². The van der Waals surface area contributed by atoms with Gasteiger partial charge in [-0.15, -0.1) is 0 Å². The zero-order valence-corrected chi connectivity index (χ0v) is 29.1. The molecule has 0 bridgehead atoms. The van der Waals surface area contributed by atoms with Crippen LogP contribution in [0.2, 0.25) is 0 Å². The monoisotopic (exact) mass is 671 g/mol. The number of amides is 1. The fraction of sp³-hybridized carbons (Fsp3) is 0.529. The summed E-state index contributed by atoms with van der Waals surface area (Å²) in [6.45, 7) is 7.78. The van der Waals surface area contributed by atoms with Crippen molar-refractivity contribution in [3.05, 3.63) is 66.1 Å². The maximum Gasteiger partial charge on any atom is 0.280 e. The second-order valence-electron chi connectivity index (χ2n) is 12.5. The number of aromatic nitrogens is 2. The number of fused-ring (bicyclic) bond motifs is 1. The fourth-order valence-electron chi connectivity index (χ4n) is 5.60. The van der Waals surface area contributed by atoms with Crippen LogP contribution < -0.4 is 14.2 Å². The fourth-order valence-corrected chi connectivity index (χ4v) is 6.63. The number of nitrogens with one attached hydrogen (secondary N) is 1. The molecular weight excluding hydrogens is 622 g/mol. The molecule has 1 aliphatic rings. The highest BCUT2D eigenvalue weighted by Crippen LogP contribution is 2.29. The maximum absolute atomic E-state index is 14.4. The van der Waals surface area contributed by atoms with Crippen LogP contribution in [-0.4, -0.2) is 97.5 Å². The minimum Gasteiger partial charge on any atom is -0.497 e. The van der Waals surface area contributed by atoms with Crippen LogP contribution in [0, 0.1) is 5.92 Å². The second kappa shape index (κ2) is 16.4. The lowest BCUT2D eigenvalue weighted by atomic mass is 10.0. The number of anilines is 1. The van der Waals surface area contributed by atoms with Crippen LogP contribution in [0.3, 0.4) is 0 Å². The van der Waals surface area contributed by atoms with Crippen molar-refractivity contribution in [3.63, 3.8) is 0 Å². The molecule has 2 aromatic carbocycles. The number of aryl methyl sites for hydroxylation is 1. The van der Waals surface area contributed by atoms with Crippen LogP contribution in [0.4, 0.5) is 5.69 Å². The van der Waals surface area contributed by atoms with Crippen molar-refractivity contribution in [2.45, 2.75) is 69.9 Å². The van der Waals surface area contributed by atoms with Gasteiger partial charge in [-0.1, -0.05) is 19.1 Å². The Hall–Kier alpha value is -3.65. The van der Waals surface area contributed by atoms with Gasteiger partial charge in [0, 0.05) is 51.1 Å². The number of hydrogen-bond donors (Lipinski definition) is 2. The van der Waals surface area contributed by atoms with Gasteiger partial charge in [-0.05, 0) is 76.1 Å². The van der Waals surface area contributed by atoms with E-state index in [2.05, 4.69) is 21.5 Å². The van der Waals surface area contributed by atoms with E-state index < -0.39 is 16.1 Å². The lowest BCUT2D eigenvalue weighted by Gasteiger charge is -2.36. The Bertz CT molecular complexity index is 1560. The third kappa shape index (κ3) is 9.92. The maximum atomic E-state index is 14.4. The molecule has 0 saturated carbocycles. The number of imidazole rings is 1. The molecule has 2 N–H and O–H groups in total. The number of aliphatic hydroxyl groups excluding tert-OH is 1. The van der Waals surface area contributed by atoms with E-state index in [0.717, 1.165) is 30.6 Å². The molecule has 4 rings (SSSR count). The number of hydrogen-bond acceptors (Lipinski definition) is 9. The van der Waals surface area contributed by atoms with Crippen molar-refractivity contribution >= 4 is 21.6 Å². The number of aliphatic hydroxyl groups is 1. The summed E-state index contributed by atoms with van der Waals surface area (Å²) in [6.07, 6.45) is 4.90. The van der Waals surface area contributed by atoms with Gasteiger partial charge in [0.25, 0.3) is 15.9 Å². The largest absolute Gasteiger partial charge is 0.497 e. The van der Waals surface area contributed by atoms with E-state index in [9.17, 15) is 18.3 Å². The molecule has 0 aliphatic carbocycles. The average Bonchev–Trinajstić information content (AvgIpc) is 3.50. The van der Waals surface area contributed by atoms with Gasteiger partial charge in [0.2, 0.25) is 0 Å². The number of methoxy groups -OCH3 is 1. The quantitative estimate of drug-likeness (QED) is 0.326. The lowest BCUT2D eigenvalue weighted by Crippen LogP contribution is -2.47. The Morgan fingerprint density at radius 3 is 2.57 bits per heavy atom. The van der Waals surface area contributed by atoms with Gasteiger partial charge in [-0.3, -0.25) is 14.4 Å². The van der Waals surface area contributed by atoms with Gasteiger partial charge >= 0.3 is 0 Å². The lowest BCUT2D eigenvalue weighted by molar-refractivity contribution is -0.0177. The first kappa shape index (κ1) is 36.2. The summed E-state index contributed by atoms with van der Waals surface area (Å²) >= 11 is 0. The first-order valence-corrected chi connectivity index (χ1v) is 17.5. The number of carbonyl (C=O) groups is 1. The zero-order valence-electron chi connectivity index (χ0n) is 28.3. The smallest absolute Gasteiger partial charge is 0.280 e. The molecule has 1 aliphatic heterocycles. The topological polar surface area (TPSA) is 135 Å². The molecular formula is C34H49N5O7S. The number of sulfonamides is 1. The van der Waals surface area contributed by atoms with Crippen molar-refractivity contribution in [1.29, 1.82) is 0 Å². The molecule has 1 amide bonds.